The highest BCUT2D eigenvalue weighted by Crippen LogP contribution is 2.32. The zero-order valence-electron chi connectivity index (χ0n) is 15.2. The number of benzene rings is 2. The van der Waals surface area contributed by atoms with Crippen LogP contribution in [0.1, 0.15) is 43.4 Å². The van der Waals surface area contributed by atoms with E-state index in [1.165, 1.54) is 23.2 Å². The number of carbonyl (C=O) groups excluding carboxylic acids is 2. The first-order valence-corrected chi connectivity index (χ1v) is 8.97. The molecule has 0 unspecified atom stereocenters. The highest BCUT2D eigenvalue weighted by atomic mass is 19.4. The molecule has 0 fully saturated rings. The Kier molecular flexibility index (Phi) is 4.70. The summed E-state index contributed by atoms with van der Waals surface area (Å²) in [7, 11) is 0. The largest absolute Gasteiger partial charge is 0.416 e. The highest BCUT2D eigenvalue weighted by molar-refractivity contribution is 6.21. The average molecular weight is 399 g/mol. The van der Waals surface area contributed by atoms with Crippen LogP contribution in [-0.4, -0.2) is 33.2 Å². The minimum Gasteiger partial charge on any atom is -0.346 e. The second-order valence-corrected chi connectivity index (χ2v) is 6.74. The minimum absolute atomic E-state index is 0.00268. The summed E-state index contributed by atoms with van der Waals surface area (Å²) in [6, 6.07) is 12.0. The van der Waals surface area contributed by atoms with Crippen LogP contribution < -0.4 is 0 Å². The first-order chi connectivity index (χ1) is 13.8. The molecule has 5 nitrogen and oxygen atoms in total. The Morgan fingerprint density at radius 3 is 2.21 bits per heavy atom. The van der Waals surface area contributed by atoms with Crippen molar-refractivity contribution >= 4 is 11.8 Å². The van der Waals surface area contributed by atoms with Crippen LogP contribution in [0.25, 0.3) is 0 Å². The van der Waals surface area contributed by atoms with Crippen molar-refractivity contribution in [3.63, 3.8) is 0 Å². The van der Waals surface area contributed by atoms with Gasteiger partial charge in [-0.15, -0.1) is 0 Å². The average Bonchev–Trinajstić information content (AvgIpc) is 3.23. The molecule has 0 bridgehead atoms. The number of hydrogen-bond acceptors (Lipinski definition) is 3. The Balaban J connectivity index is 1.44. The second kappa shape index (κ2) is 7.20. The molecular weight excluding hydrogens is 383 g/mol. The molecule has 2 amide bonds. The summed E-state index contributed by atoms with van der Waals surface area (Å²) in [5.41, 5.74) is 0.837. The van der Waals surface area contributed by atoms with Gasteiger partial charge in [-0.25, -0.2) is 4.98 Å². The van der Waals surface area contributed by atoms with Gasteiger partial charge in [0.2, 0.25) is 0 Å². The lowest BCUT2D eigenvalue weighted by Crippen LogP contribution is -2.31. The van der Waals surface area contributed by atoms with Crippen LogP contribution in [-0.2, 0) is 19.0 Å². The fourth-order valence-electron chi connectivity index (χ4n) is 3.43. The SMILES string of the molecule is O=C1c2ccccc2C(=O)N1CCc1cnc(Cc2ccccc2C(F)(F)F)[nH]1. The van der Waals surface area contributed by atoms with E-state index in [1.54, 1.807) is 30.3 Å². The number of H-pyrrole nitrogens is 1. The van der Waals surface area contributed by atoms with Gasteiger partial charge in [0.05, 0.1) is 16.7 Å². The molecule has 1 aromatic heterocycles. The van der Waals surface area contributed by atoms with E-state index >= 15 is 0 Å². The third-order valence-corrected chi connectivity index (χ3v) is 4.84. The van der Waals surface area contributed by atoms with Gasteiger partial charge in [0.25, 0.3) is 11.8 Å². The molecule has 2 aromatic carbocycles. The van der Waals surface area contributed by atoms with Crippen molar-refractivity contribution in [3.8, 4) is 0 Å². The molecule has 0 atom stereocenters. The van der Waals surface area contributed by atoms with Crippen LogP contribution in [0.4, 0.5) is 13.2 Å². The summed E-state index contributed by atoms with van der Waals surface area (Å²) < 4.78 is 39.4. The molecule has 0 radical (unpaired) electrons. The monoisotopic (exact) mass is 399 g/mol. The van der Waals surface area contributed by atoms with Crippen molar-refractivity contribution in [2.24, 2.45) is 0 Å². The number of alkyl halides is 3. The molecule has 2 heterocycles. The molecule has 0 spiro atoms. The molecular formula is C21H16F3N3O2. The van der Waals surface area contributed by atoms with Crippen LogP contribution in [0.15, 0.2) is 54.7 Å². The van der Waals surface area contributed by atoms with Gasteiger partial charge in [0, 0.05) is 31.3 Å². The summed E-state index contributed by atoms with van der Waals surface area (Å²) in [4.78, 5) is 33.1. The van der Waals surface area contributed by atoms with Crippen molar-refractivity contribution in [1.82, 2.24) is 14.9 Å². The van der Waals surface area contributed by atoms with Gasteiger partial charge < -0.3 is 4.98 Å². The fraction of sp³-hybridized carbons (Fsp3) is 0.190. The predicted molar refractivity (Wildman–Crippen MR) is 98.4 cm³/mol. The Morgan fingerprint density at radius 2 is 1.55 bits per heavy atom. The van der Waals surface area contributed by atoms with E-state index in [-0.39, 0.29) is 30.3 Å². The Labute approximate surface area is 164 Å². The van der Waals surface area contributed by atoms with Gasteiger partial charge in [-0.2, -0.15) is 13.2 Å². The van der Waals surface area contributed by atoms with E-state index in [0.29, 0.717) is 29.1 Å². The van der Waals surface area contributed by atoms with Crippen molar-refractivity contribution in [1.29, 1.82) is 0 Å². The predicted octanol–water partition coefficient (Wildman–Crippen LogP) is 3.86. The van der Waals surface area contributed by atoms with E-state index in [2.05, 4.69) is 9.97 Å². The van der Waals surface area contributed by atoms with E-state index in [1.807, 2.05) is 0 Å². The summed E-state index contributed by atoms with van der Waals surface area (Å²) in [5, 5.41) is 0. The number of halogens is 3. The number of rotatable bonds is 5. The highest BCUT2D eigenvalue weighted by Gasteiger charge is 2.35. The maximum absolute atomic E-state index is 13.1. The molecule has 3 aromatic rings. The van der Waals surface area contributed by atoms with Gasteiger partial charge in [-0.3, -0.25) is 14.5 Å². The van der Waals surface area contributed by atoms with Crippen molar-refractivity contribution < 1.29 is 22.8 Å². The smallest absolute Gasteiger partial charge is 0.346 e. The van der Waals surface area contributed by atoms with Gasteiger partial charge in [0.1, 0.15) is 5.82 Å². The number of carbonyl (C=O) groups is 2. The van der Waals surface area contributed by atoms with Crippen LogP contribution in [0.3, 0.4) is 0 Å². The maximum Gasteiger partial charge on any atom is 0.416 e. The van der Waals surface area contributed by atoms with Crippen molar-refractivity contribution in [3.05, 3.63) is 88.5 Å². The lowest BCUT2D eigenvalue weighted by Gasteiger charge is -2.13. The van der Waals surface area contributed by atoms with Gasteiger partial charge in [-0.05, 0) is 23.8 Å². The second-order valence-electron chi connectivity index (χ2n) is 6.74. The molecule has 8 heteroatoms. The summed E-state index contributed by atoms with van der Waals surface area (Å²) in [6.45, 7) is 0.160. The van der Waals surface area contributed by atoms with E-state index < -0.39 is 11.7 Å². The Morgan fingerprint density at radius 1 is 0.931 bits per heavy atom. The normalized spacial score (nSPS) is 13.8. The Hall–Kier alpha value is -3.42. The number of aromatic amines is 1. The lowest BCUT2D eigenvalue weighted by molar-refractivity contribution is -0.138. The topological polar surface area (TPSA) is 66.1 Å². The number of hydrogen-bond donors (Lipinski definition) is 1. The third kappa shape index (κ3) is 3.65. The molecule has 4 rings (SSSR count). The van der Waals surface area contributed by atoms with Crippen molar-refractivity contribution in [2.75, 3.05) is 6.54 Å². The molecule has 1 N–H and O–H groups in total. The molecule has 29 heavy (non-hydrogen) atoms. The van der Waals surface area contributed by atoms with Crippen LogP contribution >= 0.6 is 0 Å². The van der Waals surface area contributed by atoms with Crippen LogP contribution in [0, 0.1) is 0 Å². The van der Waals surface area contributed by atoms with Crippen molar-refractivity contribution in [2.45, 2.75) is 19.0 Å². The fourth-order valence-corrected chi connectivity index (χ4v) is 3.43. The van der Waals surface area contributed by atoms with Gasteiger partial charge in [0.15, 0.2) is 0 Å². The zero-order valence-corrected chi connectivity index (χ0v) is 15.2. The lowest BCUT2D eigenvalue weighted by atomic mass is 10.0. The number of nitrogens with one attached hydrogen (secondary N) is 1. The quantitative estimate of drug-likeness (QED) is 0.663. The minimum atomic E-state index is -4.43. The molecule has 0 saturated carbocycles. The number of aromatic nitrogens is 2. The van der Waals surface area contributed by atoms with E-state index in [9.17, 15) is 22.8 Å². The van der Waals surface area contributed by atoms with E-state index in [0.717, 1.165) is 6.07 Å². The molecule has 0 aliphatic carbocycles. The standard InChI is InChI=1S/C21H16F3N3O2/c22-21(23,24)17-8-4-1-5-13(17)11-18-25-12-14(26-18)9-10-27-19(28)15-6-2-3-7-16(15)20(27)29/h1-8,12H,9-11H2,(H,25,26). The number of imide groups is 1. The number of imidazole rings is 1. The molecule has 0 saturated heterocycles. The zero-order chi connectivity index (χ0) is 20.6. The first kappa shape index (κ1) is 18.9. The number of nitrogens with zero attached hydrogens (tertiary/aromatic N) is 2. The van der Waals surface area contributed by atoms with E-state index in [4.69, 9.17) is 0 Å². The summed E-state index contributed by atoms with van der Waals surface area (Å²) in [5.74, 6) is -0.298. The van der Waals surface area contributed by atoms with Gasteiger partial charge in [-0.1, -0.05) is 30.3 Å². The number of fused-ring (bicyclic) bond motifs is 1. The third-order valence-electron chi connectivity index (χ3n) is 4.84. The molecule has 148 valence electrons. The summed E-state index contributed by atoms with van der Waals surface area (Å²) >= 11 is 0. The van der Waals surface area contributed by atoms with Gasteiger partial charge >= 0.3 is 6.18 Å². The first-order valence-electron chi connectivity index (χ1n) is 8.97. The molecule has 1 aliphatic heterocycles. The Bertz CT molecular complexity index is 1050. The molecule has 1 aliphatic rings. The number of amides is 2. The van der Waals surface area contributed by atoms with Crippen LogP contribution in [0.5, 0.6) is 0 Å². The van der Waals surface area contributed by atoms with Crippen LogP contribution in [0.2, 0.25) is 0 Å². The summed E-state index contributed by atoms with van der Waals surface area (Å²) in [6.07, 6.45) is -2.58. The maximum atomic E-state index is 13.1.